The van der Waals surface area contributed by atoms with Crippen molar-refractivity contribution in [3.63, 3.8) is 0 Å². The van der Waals surface area contributed by atoms with E-state index in [1.165, 1.54) is 0 Å². The molecule has 3 heteroatoms. The van der Waals surface area contributed by atoms with E-state index < -0.39 is 0 Å². The van der Waals surface area contributed by atoms with E-state index >= 15 is 0 Å². The summed E-state index contributed by atoms with van der Waals surface area (Å²) in [6.45, 7) is 8.04. The molecule has 0 radical (unpaired) electrons. The molecule has 1 aromatic heterocycles. The molecule has 0 aliphatic carbocycles. The zero-order valence-electron chi connectivity index (χ0n) is 12.0. The van der Waals surface area contributed by atoms with Crippen LogP contribution in [0.15, 0.2) is 41.9 Å². The van der Waals surface area contributed by atoms with Gasteiger partial charge in [-0.05, 0) is 43.0 Å². The number of hydrogen-bond donors (Lipinski definition) is 2. The van der Waals surface area contributed by atoms with Gasteiger partial charge in [0, 0.05) is 24.1 Å². The number of hydrogen-bond acceptors (Lipinski definition) is 2. The molecular weight excluding hydrogens is 248 g/mol. The van der Waals surface area contributed by atoms with Crippen molar-refractivity contribution >= 4 is 17.6 Å². The number of aromatic nitrogens is 1. The lowest BCUT2D eigenvalue weighted by atomic mass is 10.1. The Balaban J connectivity index is 2.37. The molecule has 2 N–H and O–H groups in total. The molecule has 0 aliphatic heterocycles. The molecular formula is C17H20N2O. The first kappa shape index (κ1) is 14.3. The van der Waals surface area contributed by atoms with Crippen LogP contribution in [-0.4, -0.2) is 22.9 Å². The van der Waals surface area contributed by atoms with Gasteiger partial charge in [0.05, 0.1) is 0 Å². The molecule has 0 atom stereocenters. The maximum absolute atomic E-state index is 8.93. The van der Waals surface area contributed by atoms with Gasteiger partial charge in [-0.3, -0.25) is 0 Å². The number of nitrogens with one attached hydrogen (secondary N) is 1. The Hall–Kier alpha value is -2.13. The van der Waals surface area contributed by atoms with Crippen LogP contribution < -0.4 is 0 Å². The van der Waals surface area contributed by atoms with E-state index in [0.29, 0.717) is 6.42 Å². The molecule has 0 amide bonds. The summed E-state index contributed by atoms with van der Waals surface area (Å²) in [7, 11) is 0. The molecule has 0 bridgehead atoms. The van der Waals surface area contributed by atoms with Crippen LogP contribution >= 0.6 is 0 Å². The van der Waals surface area contributed by atoms with E-state index in [-0.39, 0.29) is 6.61 Å². The number of benzene rings is 1. The highest BCUT2D eigenvalue weighted by molar-refractivity contribution is 5.78. The van der Waals surface area contributed by atoms with Crippen molar-refractivity contribution in [1.82, 2.24) is 4.98 Å². The van der Waals surface area contributed by atoms with E-state index in [2.05, 4.69) is 34.8 Å². The second-order valence-corrected chi connectivity index (χ2v) is 4.78. The van der Waals surface area contributed by atoms with Gasteiger partial charge in [0.1, 0.15) is 5.82 Å². The van der Waals surface area contributed by atoms with Crippen molar-refractivity contribution in [1.29, 1.82) is 0 Å². The Labute approximate surface area is 119 Å². The van der Waals surface area contributed by atoms with Crippen LogP contribution in [0, 0.1) is 0 Å². The van der Waals surface area contributed by atoms with Gasteiger partial charge in [-0.1, -0.05) is 30.8 Å². The predicted octanol–water partition coefficient (Wildman–Crippen LogP) is 3.97. The fraction of sp³-hybridized carbons (Fsp3) is 0.235. The number of rotatable bonds is 5. The maximum Gasteiger partial charge on any atom is 0.137 e. The number of aromatic amines is 1. The third-order valence-corrected chi connectivity index (χ3v) is 3.18. The van der Waals surface area contributed by atoms with E-state index in [0.717, 1.165) is 33.8 Å². The molecule has 2 rings (SSSR count). The van der Waals surface area contributed by atoms with Crippen LogP contribution in [0.25, 0.3) is 16.8 Å². The highest BCUT2D eigenvalue weighted by Crippen LogP contribution is 2.31. The van der Waals surface area contributed by atoms with Gasteiger partial charge in [0.15, 0.2) is 0 Å². The minimum absolute atomic E-state index is 0.178. The summed E-state index contributed by atoms with van der Waals surface area (Å²) in [5, 5.41) is 8.93. The van der Waals surface area contributed by atoms with E-state index in [1.807, 2.05) is 26.0 Å². The standard InChI is InChI=1S/C17H20N2O/c1-4-18-17-15(12(2)3)11-16(19-17)14-7-5-13(6-8-14)9-10-20/h4-8,11,19-20H,2,9-10H2,1,3H3/b18-4-. The summed E-state index contributed by atoms with van der Waals surface area (Å²) < 4.78 is 0. The highest BCUT2D eigenvalue weighted by Gasteiger charge is 2.09. The van der Waals surface area contributed by atoms with Gasteiger partial charge in [0.2, 0.25) is 0 Å². The molecule has 0 saturated heterocycles. The minimum Gasteiger partial charge on any atom is -0.396 e. The molecule has 0 fully saturated rings. The Morgan fingerprint density at radius 3 is 2.60 bits per heavy atom. The Morgan fingerprint density at radius 2 is 2.05 bits per heavy atom. The van der Waals surface area contributed by atoms with Crippen LogP contribution in [0.2, 0.25) is 0 Å². The van der Waals surface area contributed by atoms with Crippen LogP contribution in [0.4, 0.5) is 5.82 Å². The quantitative estimate of drug-likeness (QED) is 0.792. The van der Waals surface area contributed by atoms with Gasteiger partial charge in [-0.15, -0.1) is 0 Å². The molecule has 1 aromatic carbocycles. The second-order valence-electron chi connectivity index (χ2n) is 4.78. The number of aliphatic hydroxyl groups excluding tert-OH is 1. The van der Waals surface area contributed by atoms with Crippen molar-refractivity contribution in [3.05, 3.63) is 48.0 Å². The normalized spacial score (nSPS) is 11.2. The van der Waals surface area contributed by atoms with Crippen molar-refractivity contribution < 1.29 is 5.11 Å². The Kier molecular flexibility index (Phi) is 4.53. The number of aliphatic imine (C=N–C) groups is 1. The fourth-order valence-corrected chi connectivity index (χ4v) is 2.14. The first-order valence-corrected chi connectivity index (χ1v) is 6.73. The number of aliphatic hydroxyl groups is 1. The van der Waals surface area contributed by atoms with Gasteiger partial charge >= 0.3 is 0 Å². The molecule has 0 saturated carbocycles. The molecule has 2 aromatic rings. The van der Waals surface area contributed by atoms with Gasteiger partial charge in [0.25, 0.3) is 0 Å². The SMILES string of the molecule is C=C(C)c1cc(-c2ccc(CCO)cc2)[nH]c1/N=C\C. The van der Waals surface area contributed by atoms with E-state index in [4.69, 9.17) is 5.11 Å². The number of H-pyrrole nitrogens is 1. The number of nitrogens with zero attached hydrogens (tertiary/aromatic N) is 1. The topological polar surface area (TPSA) is 48.4 Å². The first-order chi connectivity index (χ1) is 9.65. The fourth-order valence-electron chi connectivity index (χ4n) is 2.14. The van der Waals surface area contributed by atoms with E-state index in [9.17, 15) is 0 Å². The molecule has 0 spiro atoms. The summed E-state index contributed by atoms with van der Waals surface area (Å²) in [5.74, 6) is 0.842. The average Bonchev–Trinajstić information content (AvgIpc) is 2.85. The first-order valence-electron chi connectivity index (χ1n) is 6.73. The predicted molar refractivity (Wildman–Crippen MR) is 85.6 cm³/mol. The van der Waals surface area contributed by atoms with Crippen LogP contribution in [-0.2, 0) is 6.42 Å². The molecule has 104 valence electrons. The molecule has 0 aliphatic rings. The summed E-state index contributed by atoms with van der Waals surface area (Å²) >= 11 is 0. The molecule has 0 unspecified atom stereocenters. The third-order valence-electron chi connectivity index (χ3n) is 3.18. The maximum atomic E-state index is 8.93. The van der Waals surface area contributed by atoms with Crippen molar-refractivity contribution in [2.75, 3.05) is 6.61 Å². The highest BCUT2D eigenvalue weighted by atomic mass is 16.2. The average molecular weight is 268 g/mol. The van der Waals surface area contributed by atoms with Gasteiger partial charge in [-0.25, -0.2) is 4.99 Å². The molecule has 20 heavy (non-hydrogen) atoms. The summed E-state index contributed by atoms with van der Waals surface area (Å²) in [6.07, 6.45) is 2.46. The number of allylic oxidation sites excluding steroid dienone is 1. The summed E-state index contributed by atoms with van der Waals surface area (Å²) in [5.41, 5.74) is 5.29. The third kappa shape index (κ3) is 3.06. The van der Waals surface area contributed by atoms with Crippen molar-refractivity contribution in [3.8, 4) is 11.3 Å². The zero-order chi connectivity index (χ0) is 14.5. The Bertz CT molecular complexity index is 621. The smallest absolute Gasteiger partial charge is 0.137 e. The zero-order valence-corrected chi connectivity index (χ0v) is 12.0. The van der Waals surface area contributed by atoms with E-state index in [1.54, 1.807) is 6.21 Å². The summed E-state index contributed by atoms with van der Waals surface area (Å²) in [4.78, 5) is 7.67. The van der Waals surface area contributed by atoms with Crippen molar-refractivity contribution in [2.45, 2.75) is 20.3 Å². The lowest BCUT2D eigenvalue weighted by Crippen LogP contribution is -1.89. The lowest BCUT2D eigenvalue weighted by Gasteiger charge is -2.01. The molecule has 3 nitrogen and oxygen atoms in total. The van der Waals surface area contributed by atoms with Crippen LogP contribution in [0.1, 0.15) is 25.0 Å². The molecule has 1 heterocycles. The van der Waals surface area contributed by atoms with Gasteiger partial charge < -0.3 is 10.1 Å². The van der Waals surface area contributed by atoms with Crippen LogP contribution in [0.5, 0.6) is 0 Å². The van der Waals surface area contributed by atoms with Crippen LogP contribution in [0.3, 0.4) is 0 Å². The largest absolute Gasteiger partial charge is 0.396 e. The minimum atomic E-state index is 0.178. The summed E-state index contributed by atoms with van der Waals surface area (Å²) in [6, 6.07) is 10.3. The lowest BCUT2D eigenvalue weighted by molar-refractivity contribution is 0.299. The monoisotopic (exact) mass is 268 g/mol. The second kappa shape index (κ2) is 6.35. The van der Waals surface area contributed by atoms with Gasteiger partial charge in [-0.2, -0.15) is 0 Å². The Morgan fingerprint density at radius 1 is 1.35 bits per heavy atom. The van der Waals surface area contributed by atoms with Crippen molar-refractivity contribution in [2.24, 2.45) is 4.99 Å².